The van der Waals surface area contributed by atoms with E-state index in [0.29, 0.717) is 50.0 Å². The van der Waals surface area contributed by atoms with Crippen molar-refractivity contribution in [3.63, 3.8) is 0 Å². The fourth-order valence-corrected chi connectivity index (χ4v) is 3.71. The van der Waals surface area contributed by atoms with E-state index in [-0.39, 0.29) is 25.0 Å². The molecule has 0 bridgehead atoms. The van der Waals surface area contributed by atoms with E-state index in [0.717, 1.165) is 11.5 Å². The molecule has 0 saturated carbocycles. The summed E-state index contributed by atoms with van der Waals surface area (Å²) in [6, 6.07) is 7.45. The third-order valence-electron chi connectivity index (χ3n) is 5.37. The normalized spacial score (nSPS) is 13.9. The van der Waals surface area contributed by atoms with Crippen LogP contribution >= 0.6 is 0 Å². The second-order valence-corrected chi connectivity index (χ2v) is 7.99. The molecule has 1 aliphatic rings. The number of piperazine rings is 1. The molecule has 32 heavy (non-hydrogen) atoms. The molecule has 2 aromatic heterocycles. The van der Waals surface area contributed by atoms with E-state index >= 15 is 0 Å². The maximum atomic E-state index is 12.9. The molecule has 9 nitrogen and oxygen atoms in total. The van der Waals surface area contributed by atoms with Crippen molar-refractivity contribution in [3.8, 4) is 0 Å². The number of pyridine rings is 2. The van der Waals surface area contributed by atoms with Gasteiger partial charge < -0.3 is 25.1 Å². The molecule has 0 atom stereocenters. The number of carbonyl (C=O) groups excluding carboxylic acids is 2. The van der Waals surface area contributed by atoms with Crippen LogP contribution in [-0.2, 0) is 0 Å². The van der Waals surface area contributed by atoms with E-state index < -0.39 is 0 Å². The van der Waals surface area contributed by atoms with Crippen molar-refractivity contribution in [2.45, 2.75) is 26.8 Å². The Morgan fingerprint density at radius 1 is 1.16 bits per heavy atom. The van der Waals surface area contributed by atoms with Crippen LogP contribution in [0.15, 0.2) is 36.7 Å². The number of amides is 2. The first-order valence-corrected chi connectivity index (χ1v) is 11.1. The quantitative estimate of drug-likeness (QED) is 0.644. The number of anilines is 2. The molecule has 3 heterocycles. The summed E-state index contributed by atoms with van der Waals surface area (Å²) in [4.78, 5) is 39.7. The standard InChI is InChI=1S/C23H32N6O3/c1-4-27(14-15-30)22(31)18-7-8-20(25-16-18)23(32)29-12-10-28(11-13-29)21-19(26-17(2)3)6-5-9-24-21/h5-9,16-17,26,30H,4,10-15H2,1-3H3. The molecule has 1 aliphatic heterocycles. The molecule has 2 N–H and O–H groups in total. The first-order valence-electron chi connectivity index (χ1n) is 11.1. The summed E-state index contributed by atoms with van der Waals surface area (Å²) in [6.45, 7) is 9.20. The van der Waals surface area contributed by atoms with Crippen molar-refractivity contribution in [1.29, 1.82) is 0 Å². The Kier molecular flexibility index (Phi) is 7.99. The Labute approximate surface area is 189 Å². The summed E-state index contributed by atoms with van der Waals surface area (Å²) in [5.41, 5.74) is 1.72. The van der Waals surface area contributed by atoms with Crippen molar-refractivity contribution in [3.05, 3.63) is 47.9 Å². The van der Waals surface area contributed by atoms with Crippen LogP contribution in [0.2, 0.25) is 0 Å². The Hall–Kier alpha value is -3.20. The number of rotatable bonds is 8. The van der Waals surface area contributed by atoms with Gasteiger partial charge in [-0.2, -0.15) is 0 Å². The third-order valence-corrected chi connectivity index (χ3v) is 5.37. The number of nitrogens with one attached hydrogen (secondary N) is 1. The van der Waals surface area contributed by atoms with E-state index in [2.05, 4.69) is 34.0 Å². The van der Waals surface area contributed by atoms with Gasteiger partial charge in [0, 0.05) is 57.7 Å². The van der Waals surface area contributed by atoms with Gasteiger partial charge in [0.1, 0.15) is 5.69 Å². The first kappa shape index (κ1) is 23.5. The monoisotopic (exact) mass is 440 g/mol. The summed E-state index contributed by atoms with van der Waals surface area (Å²) in [5, 5.41) is 12.5. The van der Waals surface area contributed by atoms with Crippen LogP contribution in [0.3, 0.4) is 0 Å². The molecule has 0 spiro atoms. The molecule has 0 unspecified atom stereocenters. The number of aliphatic hydroxyl groups is 1. The van der Waals surface area contributed by atoms with Crippen molar-refractivity contribution >= 4 is 23.3 Å². The molecule has 2 aromatic rings. The van der Waals surface area contributed by atoms with Gasteiger partial charge in [-0.1, -0.05) is 0 Å². The van der Waals surface area contributed by atoms with E-state index in [9.17, 15) is 9.59 Å². The van der Waals surface area contributed by atoms with Gasteiger partial charge in [0.25, 0.3) is 11.8 Å². The molecule has 9 heteroatoms. The number of carbonyl (C=O) groups is 2. The average Bonchev–Trinajstić information content (AvgIpc) is 2.82. The van der Waals surface area contributed by atoms with E-state index in [1.54, 1.807) is 23.2 Å². The number of aromatic nitrogens is 2. The molecular weight excluding hydrogens is 408 g/mol. The van der Waals surface area contributed by atoms with Crippen molar-refractivity contribution < 1.29 is 14.7 Å². The maximum Gasteiger partial charge on any atom is 0.272 e. The fraction of sp³-hybridized carbons (Fsp3) is 0.478. The molecule has 1 fully saturated rings. The number of nitrogens with zero attached hydrogens (tertiary/aromatic N) is 5. The van der Waals surface area contributed by atoms with Crippen LogP contribution in [0.5, 0.6) is 0 Å². The summed E-state index contributed by atoms with van der Waals surface area (Å²) < 4.78 is 0. The lowest BCUT2D eigenvalue weighted by Crippen LogP contribution is -2.49. The molecule has 0 radical (unpaired) electrons. The molecule has 2 amide bonds. The highest BCUT2D eigenvalue weighted by Crippen LogP contribution is 2.24. The van der Waals surface area contributed by atoms with Crippen molar-refractivity contribution in [2.75, 3.05) is 56.1 Å². The Morgan fingerprint density at radius 3 is 2.50 bits per heavy atom. The highest BCUT2D eigenvalue weighted by Gasteiger charge is 2.25. The van der Waals surface area contributed by atoms with Crippen molar-refractivity contribution in [1.82, 2.24) is 19.8 Å². The topological polar surface area (TPSA) is 102 Å². The van der Waals surface area contributed by atoms with Crippen LogP contribution in [0.25, 0.3) is 0 Å². The van der Waals surface area contributed by atoms with Gasteiger partial charge in [-0.3, -0.25) is 14.6 Å². The zero-order valence-corrected chi connectivity index (χ0v) is 19.0. The predicted molar refractivity (Wildman–Crippen MR) is 124 cm³/mol. The number of hydrogen-bond donors (Lipinski definition) is 2. The molecule has 0 aromatic carbocycles. The lowest BCUT2D eigenvalue weighted by atomic mass is 10.2. The number of hydrogen-bond acceptors (Lipinski definition) is 7. The van der Waals surface area contributed by atoms with Gasteiger partial charge in [0.2, 0.25) is 0 Å². The van der Waals surface area contributed by atoms with Crippen LogP contribution in [0.1, 0.15) is 41.6 Å². The molecule has 1 saturated heterocycles. The van der Waals surface area contributed by atoms with Crippen LogP contribution < -0.4 is 10.2 Å². The Morgan fingerprint density at radius 2 is 1.91 bits per heavy atom. The average molecular weight is 441 g/mol. The second kappa shape index (κ2) is 10.9. The molecule has 3 rings (SSSR count). The van der Waals surface area contributed by atoms with E-state index in [4.69, 9.17) is 5.11 Å². The van der Waals surface area contributed by atoms with Gasteiger partial charge in [0.15, 0.2) is 5.82 Å². The van der Waals surface area contributed by atoms with Crippen LogP contribution in [0, 0.1) is 0 Å². The van der Waals surface area contributed by atoms with Gasteiger partial charge in [-0.05, 0) is 45.0 Å². The highest BCUT2D eigenvalue weighted by molar-refractivity contribution is 5.96. The van der Waals surface area contributed by atoms with Crippen LogP contribution in [0.4, 0.5) is 11.5 Å². The smallest absolute Gasteiger partial charge is 0.272 e. The summed E-state index contributed by atoms with van der Waals surface area (Å²) in [6.07, 6.45) is 3.22. The summed E-state index contributed by atoms with van der Waals surface area (Å²) in [5.74, 6) is 0.549. The first-order chi connectivity index (χ1) is 15.4. The maximum absolute atomic E-state index is 12.9. The minimum atomic E-state index is -0.206. The third kappa shape index (κ3) is 5.53. The fourth-order valence-electron chi connectivity index (χ4n) is 3.71. The summed E-state index contributed by atoms with van der Waals surface area (Å²) >= 11 is 0. The highest BCUT2D eigenvalue weighted by atomic mass is 16.3. The zero-order valence-electron chi connectivity index (χ0n) is 19.0. The van der Waals surface area contributed by atoms with Gasteiger partial charge >= 0.3 is 0 Å². The lowest BCUT2D eigenvalue weighted by molar-refractivity contribution is 0.0722. The number of likely N-dealkylation sites (N-methyl/N-ethyl adjacent to an activating group) is 1. The van der Waals surface area contributed by atoms with Crippen LogP contribution in [-0.4, -0.2) is 88.6 Å². The second-order valence-electron chi connectivity index (χ2n) is 7.99. The van der Waals surface area contributed by atoms with Gasteiger partial charge in [-0.25, -0.2) is 4.98 Å². The van der Waals surface area contributed by atoms with E-state index in [1.807, 2.05) is 19.1 Å². The molecular formula is C23H32N6O3. The van der Waals surface area contributed by atoms with Gasteiger partial charge in [-0.15, -0.1) is 0 Å². The Bertz CT molecular complexity index is 910. The predicted octanol–water partition coefficient (Wildman–Crippen LogP) is 1.71. The molecule has 0 aliphatic carbocycles. The van der Waals surface area contributed by atoms with Crippen molar-refractivity contribution in [2.24, 2.45) is 0 Å². The largest absolute Gasteiger partial charge is 0.395 e. The SMILES string of the molecule is CCN(CCO)C(=O)c1ccc(C(=O)N2CCN(c3ncccc3NC(C)C)CC2)nc1. The zero-order chi connectivity index (χ0) is 23.1. The minimum Gasteiger partial charge on any atom is -0.395 e. The molecule has 172 valence electrons. The van der Waals surface area contributed by atoms with Gasteiger partial charge in [0.05, 0.1) is 17.9 Å². The lowest BCUT2D eigenvalue weighted by Gasteiger charge is -2.36. The minimum absolute atomic E-state index is 0.0942. The Balaban J connectivity index is 1.62. The van der Waals surface area contributed by atoms with E-state index in [1.165, 1.54) is 11.1 Å². The number of aliphatic hydroxyl groups excluding tert-OH is 1. The summed E-state index contributed by atoms with van der Waals surface area (Å²) in [7, 11) is 0.